The highest BCUT2D eigenvalue weighted by molar-refractivity contribution is 5.44. The number of hydrogen-bond acceptors (Lipinski definition) is 3. The molecule has 3 nitrogen and oxygen atoms in total. The zero-order valence-electron chi connectivity index (χ0n) is 11.5. The predicted octanol–water partition coefficient (Wildman–Crippen LogP) is 2.81. The third kappa shape index (κ3) is 2.96. The molecule has 2 rings (SSSR count). The van der Waals surface area contributed by atoms with Gasteiger partial charge < -0.3 is 14.8 Å². The van der Waals surface area contributed by atoms with E-state index in [1.807, 2.05) is 13.1 Å². The van der Waals surface area contributed by atoms with Gasteiger partial charge in [0.15, 0.2) is 11.5 Å². The lowest BCUT2D eigenvalue weighted by Gasteiger charge is -2.18. The maximum Gasteiger partial charge on any atom is 0.160 e. The molecule has 1 aromatic rings. The zero-order chi connectivity index (χ0) is 13.0. The molecule has 0 radical (unpaired) electrons. The van der Waals surface area contributed by atoms with E-state index in [1.165, 1.54) is 24.8 Å². The van der Waals surface area contributed by atoms with Crippen LogP contribution < -0.4 is 14.8 Å². The molecule has 1 aliphatic carbocycles. The number of hydrogen-bond donors (Lipinski definition) is 1. The molecule has 1 aromatic carbocycles. The van der Waals surface area contributed by atoms with Crippen LogP contribution in [-0.4, -0.2) is 27.8 Å². The van der Waals surface area contributed by atoms with Gasteiger partial charge >= 0.3 is 0 Å². The zero-order valence-corrected chi connectivity index (χ0v) is 11.5. The maximum atomic E-state index is 5.39. The van der Waals surface area contributed by atoms with Crippen molar-refractivity contribution in [1.29, 1.82) is 0 Å². The van der Waals surface area contributed by atoms with Gasteiger partial charge in [0.2, 0.25) is 0 Å². The summed E-state index contributed by atoms with van der Waals surface area (Å²) in [5, 5.41) is 3.25. The van der Waals surface area contributed by atoms with Crippen LogP contribution in [0.1, 0.15) is 30.7 Å². The molecule has 0 bridgehead atoms. The highest BCUT2D eigenvalue weighted by Crippen LogP contribution is 2.45. The number of ether oxygens (including phenoxy) is 2. The third-order valence-electron chi connectivity index (χ3n) is 3.73. The molecule has 0 amide bonds. The summed E-state index contributed by atoms with van der Waals surface area (Å²) in [5.74, 6) is 3.16. The Morgan fingerprint density at radius 2 is 1.94 bits per heavy atom. The molecule has 3 heteroatoms. The summed E-state index contributed by atoms with van der Waals surface area (Å²) in [6.07, 6.45) is 3.92. The summed E-state index contributed by atoms with van der Waals surface area (Å²) in [4.78, 5) is 0. The Labute approximate surface area is 109 Å². The molecule has 1 saturated carbocycles. The molecule has 1 aliphatic rings. The molecule has 0 heterocycles. The van der Waals surface area contributed by atoms with Crippen LogP contribution in [0, 0.1) is 5.92 Å². The predicted molar refractivity (Wildman–Crippen MR) is 73.6 cm³/mol. The summed E-state index contributed by atoms with van der Waals surface area (Å²) in [5.41, 5.74) is 1.38. The molecule has 0 saturated heterocycles. The summed E-state index contributed by atoms with van der Waals surface area (Å²) in [6, 6.07) is 6.33. The van der Waals surface area contributed by atoms with Crippen molar-refractivity contribution in [3.05, 3.63) is 23.8 Å². The smallest absolute Gasteiger partial charge is 0.160 e. The Morgan fingerprint density at radius 3 is 2.50 bits per heavy atom. The van der Waals surface area contributed by atoms with Crippen LogP contribution in [0.3, 0.4) is 0 Å². The Hall–Kier alpha value is -1.22. The van der Waals surface area contributed by atoms with Gasteiger partial charge in [-0.2, -0.15) is 0 Å². The van der Waals surface area contributed by atoms with Crippen LogP contribution in [0.5, 0.6) is 11.5 Å². The molecule has 1 N–H and O–H groups in total. The first-order valence-corrected chi connectivity index (χ1v) is 6.66. The van der Waals surface area contributed by atoms with Crippen LogP contribution in [0.15, 0.2) is 18.2 Å². The van der Waals surface area contributed by atoms with Crippen LogP contribution in [-0.2, 0) is 0 Å². The van der Waals surface area contributed by atoms with Gasteiger partial charge in [-0.05, 0) is 62.4 Å². The Bertz CT molecular complexity index is 388. The van der Waals surface area contributed by atoms with Gasteiger partial charge in [-0.15, -0.1) is 0 Å². The molecule has 1 atom stereocenters. The number of rotatable bonds is 7. The minimum absolute atomic E-state index is 0.650. The summed E-state index contributed by atoms with van der Waals surface area (Å²) >= 11 is 0. The number of benzene rings is 1. The van der Waals surface area contributed by atoms with Crippen molar-refractivity contribution in [2.24, 2.45) is 5.92 Å². The van der Waals surface area contributed by atoms with Crippen molar-refractivity contribution in [1.82, 2.24) is 5.32 Å². The fraction of sp³-hybridized carbons (Fsp3) is 0.600. The van der Waals surface area contributed by atoms with Crippen LogP contribution in [0.4, 0.5) is 0 Å². The molecule has 0 unspecified atom stereocenters. The minimum Gasteiger partial charge on any atom is -0.493 e. The van der Waals surface area contributed by atoms with Crippen molar-refractivity contribution in [2.75, 3.05) is 27.8 Å². The minimum atomic E-state index is 0.650. The fourth-order valence-corrected chi connectivity index (χ4v) is 2.56. The van der Waals surface area contributed by atoms with Gasteiger partial charge in [0.05, 0.1) is 14.2 Å². The maximum absolute atomic E-state index is 5.39. The van der Waals surface area contributed by atoms with E-state index >= 15 is 0 Å². The van der Waals surface area contributed by atoms with E-state index in [0.29, 0.717) is 5.92 Å². The molecular formula is C15H23NO2. The summed E-state index contributed by atoms with van der Waals surface area (Å²) in [7, 11) is 5.39. The van der Waals surface area contributed by atoms with Gasteiger partial charge in [-0.3, -0.25) is 0 Å². The molecule has 100 valence electrons. The highest BCUT2D eigenvalue weighted by Gasteiger charge is 2.32. The standard InChI is InChI=1S/C15H23NO2/c1-16-9-8-13(11-4-5-11)12-6-7-14(17-2)15(10-12)18-3/h6-7,10-11,13,16H,4-5,8-9H2,1-3H3/t13-/m0/s1. The Morgan fingerprint density at radius 1 is 1.22 bits per heavy atom. The average Bonchev–Trinajstić information content (AvgIpc) is 3.23. The molecule has 1 fully saturated rings. The third-order valence-corrected chi connectivity index (χ3v) is 3.73. The van der Waals surface area contributed by atoms with E-state index in [1.54, 1.807) is 14.2 Å². The van der Waals surface area contributed by atoms with Gasteiger partial charge in [0, 0.05) is 0 Å². The van der Waals surface area contributed by atoms with Gasteiger partial charge in [-0.25, -0.2) is 0 Å². The van der Waals surface area contributed by atoms with Gasteiger partial charge in [0.1, 0.15) is 0 Å². The van der Waals surface area contributed by atoms with Crippen LogP contribution >= 0.6 is 0 Å². The van der Waals surface area contributed by atoms with Crippen LogP contribution in [0.2, 0.25) is 0 Å². The largest absolute Gasteiger partial charge is 0.493 e. The van der Waals surface area contributed by atoms with E-state index < -0.39 is 0 Å². The lowest BCUT2D eigenvalue weighted by Crippen LogP contribution is -2.13. The van der Waals surface area contributed by atoms with E-state index in [-0.39, 0.29) is 0 Å². The molecule has 0 spiro atoms. The Balaban J connectivity index is 2.18. The number of nitrogens with one attached hydrogen (secondary N) is 1. The second-order valence-electron chi connectivity index (χ2n) is 4.95. The first-order chi connectivity index (χ1) is 8.80. The SMILES string of the molecule is CNCC[C@H](c1ccc(OC)c(OC)c1)C1CC1. The van der Waals surface area contributed by atoms with E-state index in [2.05, 4.69) is 17.4 Å². The second kappa shape index (κ2) is 6.10. The van der Waals surface area contributed by atoms with Gasteiger partial charge in [-0.1, -0.05) is 6.07 Å². The van der Waals surface area contributed by atoms with Crippen LogP contribution in [0.25, 0.3) is 0 Å². The molecule has 0 aromatic heterocycles. The summed E-state index contributed by atoms with van der Waals surface area (Å²) < 4.78 is 10.7. The quantitative estimate of drug-likeness (QED) is 0.806. The molecule has 18 heavy (non-hydrogen) atoms. The van der Waals surface area contributed by atoms with Crippen molar-refractivity contribution >= 4 is 0 Å². The number of methoxy groups -OCH3 is 2. The van der Waals surface area contributed by atoms with Crippen molar-refractivity contribution in [2.45, 2.75) is 25.2 Å². The van der Waals surface area contributed by atoms with Gasteiger partial charge in [0.25, 0.3) is 0 Å². The monoisotopic (exact) mass is 249 g/mol. The molecular weight excluding hydrogens is 226 g/mol. The van der Waals surface area contributed by atoms with Crippen molar-refractivity contribution in [3.8, 4) is 11.5 Å². The van der Waals surface area contributed by atoms with Crippen molar-refractivity contribution < 1.29 is 9.47 Å². The lowest BCUT2D eigenvalue weighted by atomic mass is 9.90. The fourth-order valence-electron chi connectivity index (χ4n) is 2.56. The summed E-state index contributed by atoms with van der Waals surface area (Å²) in [6.45, 7) is 1.06. The highest BCUT2D eigenvalue weighted by atomic mass is 16.5. The first kappa shape index (κ1) is 13.2. The van der Waals surface area contributed by atoms with E-state index in [9.17, 15) is 0 Å². The average molecular weight is 249 g/mol. The second-order valence-corrected chi connectivity index (χ2v) is 4.95. The Kier molecular flexibility index (Phi) is 4.48. The molecule has 0 aliphatic heterocycles. The van der Waals surface area contributed by atoms with Crippen molar-refractivity contribution in [3.63, 3.8) is 0 Å². The lowest BCUT2D eigenvalue weighted by molar-refractivity contribution is 0.354. The van der Waals surface area contributed by atoms with E-state index in [0.717, 1.165) is 24.0 Å². The normalized spacial score (nSPS) is 16.4. The topological polar surface area (TPSA) is 30.5 Å². The first-order valence-electron chi connectivity index (χ1n) is 6.66. The van der Waals surface area contributed by atoms with E-state index in [4.69, 9.17) is 9.47 Å².